The molecule has 1 aromatic heterocycles. The second-order valence-electron chi connectivity index (χ2n) is 4.51. The molecule has 1 saturated heterocycles. The molecule has 0 amide bonds. The second-order valence-corrected chi connectivity index (χ2v) is 6.52. The molecule has 1 aliphatic heterocycles. The van der Waals surface area contributed by atoms with Crippen molar-refractivity contribution in [2.45, 2.75) is 38.6 Å². The lowest BCUT2D eigenvalue weighted by Gasteiger charge is -2.21. The molecular weight excluding hydrogens is 280 g/mol. The smallest absolute Gasteiger partial charge is 0.306 e. The van der Waals surface area contributed by atoms with Gasteiger partial charge in [0.05, 0.1) is 18.7 Å². The Morgan fingerprint density at radius 3 is 3.26 bits per heavy atom. The van der Waals surface area contributed by atoms with Crippen LogP contribution >= 0.6 is 23.1 Å². The van der Waals surface area contributed by atoms with Gasteiger partial charge in [-0.25, -0.2) is 4.98 Å². The fourth-order valence-corrected chi connectivity index (χ4v) is 3.88. The number of hydrogen-bond donors (Lipinski definition) is 1. The summed E-state index contributed by atoms with van der Waals surface area (Å²) in [4.78, 5) is 15.8. The maximum Gasteiger partial charge on any atom is 0.306 e. The Hall–Kier alpha value is -0.750. The largest absolute Gasteiger partial charge is 0.466 e. The molecule has 0 aliphatic carbocycles. The van der Waals surface area contributed by atoms with Gasteiger partial charge in [0.25, 0.3) is 0 Å². The molecule has 1 aliphatic rings. The maximum absolute atomic E-state index is 11.3. The number of rotatable bonds is 6. The highest BCUT2D eigenvalue weighted by atomic mass is 32.2. The van der Waals surface area contributed by atoms with Gasteiger partial charge in [-0.2, -0.15) is 11.8 Å². The molecule has 0 aromatic carbocycles. The third-order valence-electron chi connectivity index (χ3n) is 2.93. The zero-order valence-corrected chi connectivity index (χ0v) is 12.8. The number of nitrogens with zero attached hydrogens (tertiary/aromatic N) is 1. The Morgan fingerprint density at radius 1 is 1.63 bits per heavy atom. The first-order valence-electron chi connectivity index (χ1n) is 6.72. The molecule has 1 unspecified atom stereocenters. The molecule has 2 rings (SSSR count). The Bertz CT molecular complexity index is 403. The van der Waals surface area contributed by atoms with Gasteiger partial charge in [0, 0.05) is 23.6 Å². The number of carbonyl (C=O) groups excluding carboxylic acids is 1. The molecular formula is C13H20N2O2S2. The van der Waals surface area contributed by atoms with Crippen molar-refractivity contribution in [3.63, 3.8) is 0 Å². The molecule has 106 valence electrons. The summed E-state index contributed by atoms with van der Waals surface area (Å²) in [6.07, 6.45) is 3.58. The van der Waals surface area contributed by atoms with Crippen LogP contribution in [0.4, 0.5) is 5.13 Å². The van der Waals surface area contributed by atoms with Crippen molar-refractivity contribution in [2.24, 2.45) is 0 Å². The van der Waals surface area contributed by atoms with Crippen molar-refractivity contribution >= 4 is 34.2 Å². The Kier molecular flexibility index (Phi) is 5.97. The minimum atomic E-state index is -0.145. The molecule has 1 atom stereocenters. The summed E-state index contributed by atoms with van der Waals surface area (Å²) in [5, 5.41) is 6.49. The van der Waals surface area contributed by atoms with Crippen molar-refractivity contribution in [3.8, 4) is 0 Å². The van der Waals surface area contributed by atoms with Gasteiger partial charge in [0.1, 0.15) is 0 Å². The molecule has 0 bridgehead atoms. The van der Waals surface area contributed by atoms with Crippen molar-refractivity contribution < 1.29 is 9.53 Å². The molecule has 19 heavy (non-hydrogen) atoms. The van der Waals surface area contributed by atoms with Gasteiger partial charge >= 0.3 is 5.97 Å². The summed E-state index contributed by atoms with van der Waals surface area (Å²) in [5.74, 6) is 2.30. The van der Waals surface area contributed by atoms with Gasteiger partial charge in [0.15, 0.2) is 5.13 Å². The Balaban J connectivity index is 1.76. The summed E-state index contributed by atoms with van der Waals surface area (Å²) in [5.41, 5.74) is 0.976. The first-order chi connectivity index (χ1) is 9.28. The van der Waals surface area contributed by atoms with E-state index in [0.717, 1.165) is 16.6 Å². The number of aromatic nitrogens is 1. The molecule has 1 N–H and O–H groups in total. The van der Waals surface area contributed by atoms with E-state index in [-0.39, 0.29) is 5.97 Å². The third kappa shape index (κ3) is 5.03. The van der Waals surface area contributed by atoms with Crippen molar-refractivity contribution in [1.82, 2.24) is 4.98 Å². The highest BCUT2D eigenvalue weighted by Crippen LogP contribution is 2.23. The number of thioether (sulfide) groups is 1. The summed E-state index contributed by atoms with van der Waals surface area (Å²) in [6.45, 7) is 2.27. The van der Waals surface area contributed by atoms with Crippen LogP contribution in [0.25, 0.3) is 0 Å². The predicted octanol–water partition coefficient (Wildman–Crippen LogP) is 2.95. The van der Waals surface area contributed by atoms with Crippen LogP contribution in [0, 0.1) is 0 Å². The number of ether oxygens (including phenoxy) is 1. The van der Waals surface area contributed by atoms with Crippen molar-refractivity contribution in [3.05, 3.63) is 11.1 Å². The van der Waals surface area contributed by atoms with Crippen LogP contribution in [0.3, 0.4) is 0 Å². The number of anilines is 1. The van der Waals surface area contributed by atoms with E-state index < -0.39 is 0 Å². The number of nitrogens with one attached hydrogen (secondary N) is 1. The van der Waals surface area contributed by atoms with Gasteiger partial charge < -0.3 is 10.1 Å². The van der Waals surface area contributed by atoms with Crippen LogP contribution in [0.15, 0.2) is 5.38 Å². The van der Waals surface area contributed by atoms with E-state index >= 15 is 0 Å². The van der Waals surface area contributed by atoms with Crippen LogP contribution < -0.4 is 5.32 Å². The molecule has 2 heterocycles. The fourth-order valence-electron chi connectivity index (χ4n) is 1.98. The molecule has 1 fully saturated rings. The average molecular weight is 300 g/mol. The quantitative estimate of drug-likeness (QED) is 0.819. The van der Waals surface area contributed by atoms with E-state index in [1.807, 2.05) is 24.1 Å². The standard InChI is InChI=1S/C13H20N2O2S2/c1-2-17-12(16)6-5-11-9-19-13(15-11)14-10-4-3-7-18-8-10/h9-10H,2-8H2,1H3,(H,14,15). The minimum Gasteiger partial charge on any atom is -0.466 e. The topological polar surface area (TPSA) is 51.2 Å². The van der Waals surface area contributed by atoms with E-state index in [9.17, 15) is 4.79 Å². The third-order valence-corrected chi connectivity index (χ3v) is 4.97. The van der Waals surface area contributed by atoms with E-state index in [1.54, 1.807) is 11.3 Å². The lowest BCUT2D eigenvalue weighted by molar-refractivity contribution is -0.143. The Labute approximate surface area is 122 Å². The SMILES string of the molecule is CCOC(=O)CCc1csc(NC2CCCSC2)n1. The molecule has 0 saturated carbocycles. The maximum atomic E-state index is 11.3. The first-order valence-corrected chi connectivity index (χ1v) is 8.75. The molecule has 0 spiro atoms. The zero-order chi connectivity index (χ0) is 13.5. The monoisotopic (exact) mass is 300 g/mol. The number of esters is 1. The van der Waals surface area contributed by atoms with Crippen LogP contribution in [0.2, 0.25) is 0 Å². The van der Waals surface area contributed by atoms with Gasteiger partial charge in [-0.05, 0) is 25.5 Å². The lowest BCUT2D eigenvalue weighted by Crippen LogP contribution is -2.25. The molecule has 6 heteroatoms. The molecule has 1 aromatic rings. The van der Waals surface area contributed by atoms with Gasteiger partial charge in [-0.15, -0.1) is 11.3 Å². The summed E-state index contributed by atoms with van der Waals surface area (Å²) >= 11 is 3.63. The first kappa shape index (κ1) is 14.7. The van der Waals surface area contributed by atoms with Gasteiger partial charge in [-0.3, -0.25) is 4.79 Å². The zero-order valence-electron chi connectivity index (χ0n) is 11.2. The van der Waals surface area contributed by atoms with Crippen LogP contribution in [-0.2, 0) is 16.0 Å². The lowest BCUT2D eigenvalue weighted by atomic mass is 10.2. The fraction of sp³-hybridized carbons (Fsp3) is 0.692. The highest BCUT2D eigenvalue weighted by Gasteiger charge is 2.15. The van der Waals surface area contributed by atoms with Gasteiger partial charge in [-0.1, -0.05) is 0 Å². The normalized spacial score (nSPS) is 19.1. The van der Waals surface area contributed by atoms with Crippen LogP contribution in [-0.4, -0.2) is 35.1 Å². The summed E-state index contributed by atoms with van der Waals surface area (Å²) in [6, 6.07) is 0.544. The van der Waals surface area contributed by atoms with E-state index in [4.69, 9.17) is 4.74 Å². The van der Waals surface area contributed by atoms with Crippen molar-refractivity contribution in [2.75, 3.05) is 23.4 Å². The van der Waals surface area contributed by atoms with E-state index in [2.05, 4.69) is 10.3 Å². The summed E-state index contributed by atoms with van der Waals surface area (Å²) in [7, 11) is 0. The van der Waals surface area contributed by atoms with Crippen LogP contribution in [0.5, 0.6) is 0 Å². The number of carbonyl (C=O) groups is 1. The number of thiazole rings is 1. The number of hydrogen-bond acceptors (Lipinski definition) is 6. The number of aryl methyl sites for hydroxylation is 1. The average Bonchev–Trinajstić information content (AvgIpc) is 2.86. The van der Waals surface area contributed by atoms with Gasteiger partial charge in [0.2, 0.25) is 0 Å². The van der Waals surface area contributed by atoms with E-state index in [1.165, 1.54) is 18.6 Å². The molecule has 4 nitrogen and oxygen atoms in total. The predicted molar refractivity (Wildman–Crippen MR) is 81.0 cm³/mol. The second kappa shape index (κ2) is 7.75. The Morgan fingerprint density at radius 2 is 2.53 bits per heavy atom. The van der Waals surface area contributed by atoms with Crippen LogP contribution in [0.1, 0.15) is 31.9 Å². The van der Waals surface area contributed by atoms with Crippen molar-refractivity contribution in [1.29, 1.82) is 0 Å². The molecule has 0 radical (unpaired) electrons. The van der Waals surface area contributed by atoms with E-state index in [0.29, 0.717) is 25.5 Å². The highest BCUT2D eigenvalue weighted by molar-refractivity contribution is 7.99. The summed E-state index contributed by atoms with van der Waals surface area (Å²) < 4.78 is 4.91. The minimum absolute atomic E-state index is 0.145.